The zero-order chi connectivity index (χ0) is 15.8. The third kappa shape index (κ3) is 3.13. The molecule has 23 heavy (non-hydrogen) atoms. The maximum Gasteiger partial charge on any atom is 0.229 e. The van der Waals surface area contributed by atoms with Crippen molar-refractivity contribution in [3.05, 3.63) is 47.1 Å². The van der Waals surface area contributed by atoms with Gasteiger partial charge in [0.05, 0.1) is 0 Å². The quantitative estimate of drug-likeness (QED) is 0.867. The largest absolute Gasteiger partial charge is 0.339 e. The van der Waals surface area contributed by atoms with Crippen LogP contribution in [0.5, 0.6) is 0 Å². The summed E-state index contributed by atoms with van der Waals surface area (Å²) in [6, 6.07) is 4.63. The monoisotopic (exact) mass is 319 g/mol. The Hall–Kier alpha value is -1.82. The van der Waals surface area contributed by atoms with Gasteiger partial charge in [0.1, 0.15) is 11.6 Å². The van der Waals surface area contributed by atoms with Gasteiger partial charge in [-0.2, -0.15) is 4.98 Å². The molecule has 1 aromatic heterocycles. The lowest BCUT2D eigenvalue weighted by molar-refractivity contribution is 0.186. The van der Waals surface area contributed by atoms with Gasteiger partial charge < -0.3 is 9.42 Å². The van der Waals surface area contributed by atoms with Crippen molar-refractivity contribution in [2.24, 2.45) is 0 Å². The van der Waals surface area contributed by atoms with Crippen molar-refractivity contribution in [2.75, 3.05) is 13.1 Å². The Morgan fingerprint density at radius 2 is 1.78 bits per heavy atom. The van der Waals surface area contributed by atoms with Crippen molar-refractivity contribution in [3.63, 3.8) is 0 Å². The number of aromatic nitrogens is 2. The number of rotatable bonds is 4. The molecule has 4 rings (SSSR count). The van der Waals surface area contributed by atoms with Crippen LogP contribution >= 0.6 is 0 Å². The molecule has 6 heteroatoms. The maximum absolute atomic E-state index is 13.7. The molecule has 1 saturated heterocycles. The van der Waals surface area contributed by atoms with Gasteiger partial charge in [-0.05, 0) is 50.9 Å². The summed E-state index contributed by atoms with van der Waals surface area (Å²) >= 11 is 0. The summed E-state index contributed by atoms with van der Waals surface area (Å²) < 4.78 is 32.7. The van der Waals surface area contributed by atoms with E-state index in [-0.39, 0.29) is 17.9 Å². The smallest absolute Gasteiger partial charge is 0.229 e. The third-order valence-corrected chi connectivity index (χ3v) is 4.82. The van der Waals surface area contributed by atoms with E-state index >= 15 is 0 Å². The number of likely N-dealkylation sites (tertiary alicyclic amines) is 1. The summed E-state index contributed by atoms with van der Waals surface area (Å²) in [4.78, 5) is 6.90. The molecular weight excluding hydrogens is 300 g/mol. The molecule has 0 unspecified atom stereocenters. The molecule has 1 aliphatic carbocycles. The van der Waals surface area contributed by atoms with E-state index in [1.807, 2.05) is 0 Å². The molecule has 0 amide bonds. The summed E-state index contributed by atoms with van der Waals surface area (Å²) in [6.07, 6.45) is 4.68. The average Bonchev–Trinajstić information content (AvgIpc) is 3.30. The molecule has 2 fully saturated rings. The van der Waals surface area contributed by atoms with E-state index in [1.165, 1.54) is 31.0 Å². The first-order chi connectivity index (χ1) is 11.2. The van der Waals surface area contributed by atoms with Crippen LogP contribution in [0.3, 0.4) is 0 Å². The fourth-order valence-corrected chi connectivity index (χ4v) is 3.32. The highest BCUT2D eigenvalue weighted by Crippen LogP contribution is 2.34. The molecule has 4 nitrogen and oxygen atoms in total. The van der Waals surface area contributed by atoms with Crippen LogP contribution in [0.25, 0.3) is 0 Å². The van der Waals surface area contributed by atoms with Gasteiger partial charge in [-0.1, -0.05) is 11.2 Å². The number of halogens is 2. The Morgan fingerprint density at radius 3 is 2.43 bits per heavy atom. The molecule has 2 aromatic rings. The van der Waals surface area contributed by atoms with Gasteiger partial charge in [0.2, 0.25) is 5.89 Å². The molecule has 0 radical (unpaired) electrons. The minimum atomic E-state index is -0.575. The molecule has 1 aromatic carbocycles. The van der Waals surface area contributed by atoms with Crippen molar-refractivity contribution in [1.82, 2.24) is 15.0 Å². The fraction of sp³-hybridized carbons (Fsp3) is 0.529. The molecule has 2 aliphatic rings. The summed E-state index contributed by atoms with van der Waals surface area (Å²) in [5.41, 5.74) is -0.0107. The number of hydrogen-bond acceptors (Lipinski definition) is 4. The average molecular weight is 319 g/mol. The van der Waals surface area contributed by atoms with Crippen molar-refractivity contribution in [2.45, 2.75) is 44.1 Å². The minimum Gasteiger partial charge on any atom is -0.339 e. The minimum absolute atomic E-state index is 0.0107. The van der Waals surface area contributed by atoms with Crippen molar-refractivity contribution < 1.29 is 13.3 Å². The Morgan fingerprint density at radius 1 is 1.09 bits per heavy atom. The summed E-state index contributed by atoms with van der Waals surface area (Å²) in [5.74, 6) is 0.0562. The highest BCUT2D eigenvalue weighted by atomic mass is 19.1. The van der Waals surface area contributed by atoms with Crippen LogP contribution in [0.4, 0.5) is 8.78 Å². The second-order valence-corrected chi connectivity index (χ2v) is 6.47. The first kappa shape index (κ1) is 14.8. The molecule has 0 N–H and O–H groups in total. The number of piperidine rings is 1. The Balaban J connectivity index is 1.43. The number of nitrogens with zero attached hydrogens (tertiary/aromatic N) is 3. The highest BCUT2D eigenvalue weighted by Gasteiger charge is 2.33. The maximum atomic E-state index is 13.7. The van der Waals surface area contributed by atoms with Crippen LogP contribution < -0.4 is 0 Å². The molecular formula is C17H19F2N3O. The van der Waals surface area contributed by atoms with Crippen LogP contribution in [-0.4, -0.2) is 34.2 Å². The lowest BCUT2D eigenvalue weighted by Crippen LogP contribution is -2.34. The van der Waals surface area contributed by atoms with Crippen LogP contribution in [0, 0.1) is 11.6 Å². The van der Waals surface area contributed by atoms with E-state index in [0.29, 0.717) is 11.7 Å². The Labute approximate surface area is 133 Å². The van der Waals surface area contributed by atoms with Gasteiger partial charge >= 0.3 is 0 Å². The van der Waals surface area contributed by atoms with E-state index in [0.717, 1.165) is 32.0 Å². The molecule has 2 heterocycles. The van der Waals surface area contributed by atoms with E-state index in [4.69, 9.17) is 4.52 Å². The van der Waals surface area contributed by atoms with Crippen LogP contribution in [0.15, 0.2) is 22.7 Å². The molecule has 1 saturated carbocycles. The molecule has 0 bridgehead atoms. The van der Waals surface area contributed by atoms with Crippen LogP contribution in [0.1, 0.15) is 48.9 Å². The molecule has 122 valence electrons. The number of benzene rings is 1. The number of hydrogen-bond donors (Lipinski definition) is 0. The standard InChI is InChI=1S/C17H19F2N3O/c18-14-2-1-3-15(19)13(14)10-16-20-17(23-21-16)11-6-8-22(9-7-11)12-4-5-12/h1-3,11-12H,4-10H2. The zero-order valence-corrected chi connectivity index (χ0v) is 12.8. The SMILES string of the molecule is Fc1cccc(F)c1Cc1noc(C2CCN(C3CC3)CC2)n1. The second kappa shape index (κ2) is 6.00. The van der Waals surface area contributed by atoms with Gasteiger partial charge in [-0.25, -0.2) is 8.78 Å². The van der Waals surface area contributed by atoms with Gasteiger partial charge in [0.25, 0.3) is 0 Å². The summed E-state index contributed by atoms with van der Waals surface area (Å²) in [5, 5.41) is 3.90. The van der Waals surface area contributed by atoms with E-state index in [9.17, 15) is 8.78 Å². The molecule has 1 aliphatic heterocycles. The predicted molar refractivity (Wildman–Crippen MR) is 80.0 cm³/mol. The van der Waals surface area contributed by atoms with Gasteiger partial charge in [-0.15, -0.1) is 0 Å². The predicted octanol–water partition coefficient (Wildman–Crippen LogP) is 3.28. The lowest BCUT2D eigenvalue weighted by Gasteiger charge is -2.30. The highest BCUT2D eigenvalue weighted by molar-refractivity contribution is 5.23. The molecule has 0 spiro atoms. The van der Waals surface area contributed by atoms with E-state index < -0.39 is 11.6 Å². The first-order valence-corrected chi connectivity index (χ1v) is 8.20. The van der Waals surface area contributed by atoms with Crippen LogP contribution in [0.2, 0.25) is 0 Å². The zero-order valence-electron chi connectivity index (χ0n) is 12.8. The third-order valence-electron chi connectivity index (χ3n) is 4.82. The topological polar surface area (TPSA) is 42.2 Å². The fourth-order valence-electron chi connectivity index (χ4n) is 3.32. The van der Waals surface area contributed by atoms with Gasteiger partial charge in [0, 0.05) is 23.9 Å². The Bertz CT molecular complexity index is 671. The lowest BCUT2D eigenvalue weighted by atomic mass is 9.96. The van der Waals surface area contributed by atoms with E-state index in [1.54, 1.807) is 0 Å². The second-order valence-electron chi connectivity index (χ2n) is 6.47. The van der Waals surface area contributed by atoms with Crippen molar-refractivity contribution in [3.8, 4) is 0 Å². The van der Waals surface area contributed by atoms with Gasteiger partial charge in [-0.3, -0.25) is 0 Å². The van der Waals surface area contributed by atoms with Crippen LogP contribution in [-0.2, 0) is 6.42 Å². The molecule has 0 atom stereocenters. The normalized spacial score (nSPS) is 20.1. The summed E-state index contributed by atoms with van der Waals surface area (Å²) in [7, 11) is 0. The Kier molecular flexibility index (Phi) is 3.85. The van der Waals surface area contributed by atoms with Crippen molar-refractivity contribution in [1.29, 1.82) is 0 Å². The van der Waals surface area contributed by atoms with E-state index in [2.05, 4.69) is 15.0 Å². The van der Waals surface area contributed by atoms with Crippen molar-refractivity contribution >= 4 is 0 Å². The summed E-state index contributed by atoms with van der Waals surface area (Å²) in [6.45, 7) is 2.13. The van der Waals surface area contributed by atoms with Gasteiger partial charge in [0.15, 0.2) is 5.82 Å². The first-order valence-electron chi connectivity index (χ1n) is 8.20.